The molecular weight excluding hydrogens is 803 g/mol. The summed E-state index contributed by atoms with van der Waals surface area (Å²) in [5.41, 5.74) is 29.9. The first-order valence-corrected chi connectivity index (χ1v) is 22.3. The lowest BCUT2D eigenvalue weighted by molar-refractivity contribution is -0.132. The van der Waals surface area contributed by atoms with Gasteiger partial charge in [-0.3, -0.25) is 35.1 Å². The van der Waals surface area contributed by atoms with Crippen molar-refractivity contribution in [1.82, 2.24) is 36.7 Å². The molecule has 61 heavy (non-hydrogen) atoms. The first kappa shape index (κ1) is 50.6. The number of aliphatic imine (C=N–C) groups is 2. The van der Waals surface area contributed by atoms with Crippen LogP contribution in [-0.2, 0) is 35.2 Å². The molecule has 1 aliphatic heterocycles. The summed E-state index contributed by atoms with van der Waals surface area (Å²) < 4.78 is 0. The first-order valence-electron chi connectivity index (χ1n) is 20.9. The lowest BCUT2D eigenvalue weighted by Crippen LogP contribution is -2.69. The van der Waals surface area contributed by atoms with Gasteiger partial charge < -0.3 is 52.4 Å². The van der Waals surface area contributed by atoms with Gasteiger partial charge in [0.15, 0.2) is 17.7 Å². The molecule has 2 aromatic rings. The van der Waals surface area contributed by atoms with E-state index >= 15 is 4.79 Å². The third-order valence-electron chi connectivity index (χ3n) is 10.5. The molecule has 2 unspecified atom stereocenters. The number of carbonyl (C=O) groups is 6. The van der Waals surface area contributed by atoms with Crippen LogP contribution in [-0.4, -0.2) is 139 Å². The Morgan fingerprint density at radius 1 is 0.869 bits per heavy atom. The summed E-state index contributed by atoms with van der Waals surface area (Å²) >= 11 is 1.54. The van der Waals surface area contributed by atoms with E-state index in [1.54, 1.807) is 11.8 Å². The Morgan fingerprint density at radius 2 is 1.51 bits per heavy atom. The van der Waals surface area contributed by atoms with Crippen LogP contribution in [0.5, 0.6) is 0 Å². The summed E-state index contributed by atoms with van der Waals surface area (Å²) in [6.07, 6.45) is 9.12. The molecule has 0 aliphatic carbocycles. The Morgan fingerprint density at radius 3 is 2.11 bits per heavy atom. The number of likely N-dealkylation sites (tertiary alicyclic amines) is 1. The Labute approximate surface area is 362 Å². The second-order valence-electron chi connectivity index (χ2n) is 15.7. The second-order valence-corrected chi connectivity index (χ2v) is 16.7. The van der Waals surface area contributed by atoms with E-state index in [2.05, 4.69) is 41.8 Å². The maximum atomic E-state index is 15.2. The van der Waals surface area contributed by atoms with Gasteiger partial charge in [-0.1, -0.05) is 32.0 Å². The molecule has 1 aliphatic rings. The number of aldehydes is 4. The molecule has 3 rings (SSSR count). The predicted molar refractivity (Wildman–Crippen MR) is 240 cm³/mol. The summed E-state index contributed by atoms with van der Waals surface area (Å²) in [6.45, 7) is 4.84. The van der Waals surface area contributed by atoms with Gasteiger partial charge in [0.05, 0.1) is 48.5 Å². The fourth-order valence-corrected chi connectivity index (χ4v) is 8.01. The van der Waals surface area contributed by atoms with Crippen molar-refractivity contribution in [2.45, 2.75) is 120 Å². The largest absolute Gasteiger partial charge is 0.370 e. The van der Waals surface area contributed by atoms with Crippen molar-refractivity contribution in [2.24, 2.45) is 38.8 Å². The lowest BCUT2D eigenvalue weighted by atomic mass is 9.96. The number of para-hydroxylation sites is 1. The average Bonchev–Trinajstić information content (AvgIpc) is 3.90. The summed E-state index contributed by atoms with van der Waals surface area (Å²) in [6, 6.07) is 1.66. The maximum absolute atomic E-state index is 15.2. The van der Waals surface area contributed by atoms with E-state index in [-0.39, 0.29) is 56.0 Å². The number of ketones is 1. The number of aromatic amines is 1. The van der Waals surface area contributed by atoms with Gasteiger partial charge >= 0.3 is 0 Å². The van der Waals surface area contributed by atoms with Crippen LogP contribution < -0.4 is 49.7 Å². The molecule has 1 amide bonds. The molecule has 19 nitrogen and oxygen atoms in total. The number of guanidine groups is 2. The molecule has 8 atom stereocenters. The quantitative estimate of drug-likeness (QED) is 0.0144. The van der Waals surface area contributed by atoms with Crippen molar-refractivity contribution in [3.05, 3.63) is 36.0 Å². The molecule has 20 heteroatoms. The van der Waals surface area contributed by atoms with E-state index in [0.29, 0.717) is 57.1 Å². The van der Waals surface area contributed by atoms with Gasteiger partial charge in [0, 0.05) is 36.7 Å². The highest BCUT2D eigenvalue weighted by Gasteiger charge is 2.44. The molecule has 1 aromatic carbocycles. The van der Waals surface area contributed by atoms with Crippen molar-refractivity contribution in [3.63, 3.8) is 0 Å². The topological polar surface area (TPSA) is 310 Å². The van der Waals surface area contributed by atoms with Crippen LogP contribution in [0, 0.1) is 5.92 Å². The average molecular weight is 870 g/mol. The fraction of sp³-hybridized carbons (Fsp3) is 0.610. The molecule has 1 fully saturated rings. The molecule has 2 heterocycles. The molecular formula is C41H67N13O6S. The number of nitrogens with two attached hydrogens (primary N) is 4. The summed E-state index contributed by atoms with van der Waals surface area (Å²) in [5.74, 6) is -0.198. The zero-order valence-corrected chi connectivity index (χ0v) is 36.4. The lowest BCUT2D eigenvalue weighted by Gasteiger charge is -2.41. The summed E-state index contributed by atoms with van der Waals surface area (Å²) in [7, 11) is 0. The second kappa shape index (κ2) is 27.3. The minimum Gasteiger partial charge on any atom is -0.370 e. The highest BCUT2D eigenvalue weighted by atomic mass is 32.2. The van der Waals surface area contributed by atoms with Crippen molar-refractivity contribution in [1.29, 1.82) is 0 Å². The SMILES string of the molecule is CSCC[C@H](NN[C@H](C=O)CC(C)C)C(=O)C(N[C@H](C=O)CCCN=C(N)N)C(N[C@H](C=O)Cc1c[nH]c2ccccc12)N1CCC[C@H]1C(=O)N[C@H](C=O)CCCN=C(N)N. The third kappa shape index (κ3) is 16.9. The van der Waals surface area contributed by atoms with Gasteiger partial charge in [-0.05, 0) is 87.3 Å². The number of thioether (sulfide) groups is 1. The van der Waals surface area contributed by atoms with E-state index in [1.165, 1.54) is 0 Å². The van der Waals surface area contributed by atoms with Crippen molar-refractivity contribution < 1.29 is 28.8 Å². The number of hydrogen-bond donors (Lipinski definition) is 10. The van der Waals surface area contributed by atoms with Gasteiger partial charge in [-0.25, -0.2) is 10.9 Å². The minimum absolute atomic E-state index is 0.0748. The molecule has 0 saturated carbocycles. The van der Waals surface area contributed by atoms with Gasteiger partial charge in [-0.2, -0.15) is 11.8 Å². The molecule has 0 radical (unpaired) electrons. The molecule has 0 bridgehead atoms. The molecule has 338 valence electrons. The Hall–Kier alpha value is -4.73. The van der Waals surface area contributed by atoms with Crippen molar-refractivity contribution in [3.8, 4) is 0 Å². The van der Waals surface area contributed by atoms with Crippen LogP contribution in [0.1, 0.15) is 70.8 Å². The van der Waals surface area contributed by atoms with E-state index in [9.17, 15) is 24.0 Å². The fourth-order valence-electron chi connectivity index (χ4n) is 7.53. The van der Waals surface area contributed by atoms with Crippen LogP contribution in [0.2, 0.25) is 0 Å². The molecule has 1 saturated heterocycles. The first-order chi connectivity index (χ1) is 29.3. The van der Waals surface area contributed by atoms with Crippen LogP contribution in [0.4, 0.5) is 0 Å². The number of rotatable bonds is 32. The Bertz CT molecular complexity index is 1750. The zero-order chi connectivity index (χ0) is 44.7. The monoisotopic (exact) mass is 870 g/mol. The number of aromatic nitrogens is 1. The van der Waals surface area contributed by atoms with E-state index in [1.807, 2.05) is 55.5 Å². The third-order valence-corrected chi connectivity index (χ3v) is 11.2. The Kier molecular flexibility index (Phi) is 22.6. The number of amides is 1. The molecule has 1 aromatic heterocycles. The van der Waals surface area contributed by atoms with E-state index in [4.69, 9.17) is 22.9 Å². The number of hydrazine groups is 1. The number of carbonyl (C=O) groups excluding carboxylic acids is 6. The number of benzene rings is 1. The van der Waals surface area contributed by atoms with Gasteiger partial charge in [0.25, 0.3) is 0 Å². The highest BCUT2D eigenvalue weighted by Crippen LogP contribution is 2.25. The number of fused-ring (bicyclic) bond motifs is 1. The van der Waals surface area contributed by atoms with Crippen LogP contribution in [0.25, 0.3) is 10.9 Å². The number of H-pyrrole nitrogens is 1. The van der Waals surface area contributed by atoms with E-state index in [0.717, 1.165) is 35.3 Å². The normalized spacial score (nSPS) is 17.7. The number of nitrogens with zero attached hydrogens (tertiary/aromatic N) is 3. The van der Waals surface area contributed by atoms with Gasteiger partial charge in [0.2, 0.25) is 5.91 Å². The number of hydrogen-bond acceptors (Lipinski definition) is 14. The number of nitrogens with one attached hydrogen (secondary N) is 6. The molecule has 14 N–H and O–H groups in total. The molecule has 0 spiro atoms. The standard InChI is InChI=1S/C41H67N13O6S/c1-26(2)19-31(25-58)52-53-34(14-18-61-3)37(59)36(49-28(22-55)9-6-15-46-40(42)43)38(50-30(24-57)20-27-21-48-33-12-5-4-11-32(27)33)54-17-8-13-35(54)39(60)51-29(23-56)10-7-16-47-41(44)45/h4-5,11-12,21-26,28-31,34-36,38,48-50,52-53H,6-10,13-20H2,1-3H3,(H,51,60)(H4,42,43,46)(H4,44,45,47)/t28-,29-,30-,31-,34-,35-,36?,38?/m0/s1. The van der Waals surface area contributed by atoms with Crippen LogP contribution >= 0.6 is 11.8 Å². The Balaban J connectivity index is 2.12. The van der Waals surface area contributed by atoms with Crippen molar-refractivity contribution in [2.75, 3.05) is 31.6 Å². The smallest absolute Gasteiger partial charge is 0.237 e. The summed E-state index contributed by atoms with van der Waals surface area (Å²) in [5, 5.41) is 10.6. The zero-order valence-electron chi connectivity index (χ0n) is 35.6. The summed E-state index contributed by atoms with van der Waals surface area (Å²) in [4.78, 5) is 92.6. The maximum Gasteiger partial charge on any atom is 0.237 e. The van der Waals surface area contributed by atoms with E-state index < -0.39 is 54.4 Å². The van der Waals surface area contributed by atoms with Crippen LogP contribution in [0.3, 0.4) is 0 Å². The predicted octanol–water partition coefficient (Wildman–Crippen LogP) is -0.627. The highest BCUT2D eigenvalue weighted by molar-refractivity contribution is 7.98. The van der Waals surface area contributed by atoms with Crippen LogP contribution in [0.15, 0.2) is 40.4 Å². The minimum atomic E-state index is -1.19. The number of Topliss-reactive ketones (excluding diaryl/α,β-unsaturated/α-hetero) is 1. The van der Waals surface area contributed by atoms with Gasteiger partial charge in [-0.15, -0.1) is 0 Å². The van der Waals surface area contributed by atoms with Crippen molar-refractivity contribution >= 4 is 71.4 Å². The van der Waals surface area contributed by atoms with Gasteiger partial charge in [0.1, 0.15) is 25.1 Å².